The highest BCUT2D eigenvalue weighted by Crippen LogP contribution is 2.16. The number of hydrogen-bond acceptors (Lipinski definition) is 4. The molecular formula is C13H11N3O5. The van der Waals surface area contributed by atoms with Crippen molar-refractivity contribution in [3.8, 4) is 0 Å². The Morgan fingerprint density at radius 1 is 1.10 bits per heavy atom. The average Bonchev–Trinajstić information content (AvgIpc) is 2.84. The minimum absolute atomic E-state index is 0.0819. The van der Waals surface area contributed by atoms with Crippen molar-refractivity contribution < 1.29 is 24.6 Å². The molecule has 0 saturated heterocycles. The van der Waals surface area contributed by atoms with Gasteiger partial charge in [0, 0.05) is 12.7 Å². The quantitative estimate of drug-likeness (QED) is 0.774. The Balaban J connectivity index is 2.35. The summed E-state index contributed by atoms with van der Waals surface area (Å²) < 4.78 is 1.48. The molecule has 0 spiro atoms. The summed E-state index contributed by atoms with van der Waals surface area (Å²) in [6, 6.07) is 3.39. The smallest absolute Gasteiger partial charge is 0.335 e. The molecule has 2 aromatic rings. The molecule has 1 aromatic carbocycles. The second-order valence-electron chi connectivity index (χ2n) is 4.25. The normalized spacial score (nSPS) is 10.1. The molecule has 0 bridgehead atoms. The number of carbonyl (C=O) groups is 3. The summed E-state index contributed by atoms with van der Waals surface area (Å²) in [6.45, 7) is 0. The molecule has 0 unspecified atom stereocenters. The van der Waals surface area contributed by atoms with Crippen molar-refractivity contribution >= 4 is 23.5 Å². The lowest BCUT2D eigenvalue weighted by Crippen LogP contribution is -2.16. The van der Waals surface area contributed by atoms with Crippen molar-refractivity contribution in [3.63, 3.8) is 0 Å². The number of anilines is 1. The molecule has 0 saturated carbocycles. The average molecular weight is 289 g/mol. The van der Waals surface area contributed by atoms with E-state index in [0.717, 1.165) is 6.07 Å². The highest BCUT2D eigenvalue weighted by molar-refractivity contribution is 6.04. The molecule has 108 valence electrons. The number of carbonyl (C=O) groups excluding carboxylic acids is 1. The van der Waals surface area contributed by atoms with Crippen molar-refractivity contribution in [1.29, 1.82) is 0 Å². The summed E-state index contributed by atoms with van der Waals surface area (Å²) in [5.41, 5.74) is -0.114. The van der Waals surface area contributed by atoms with E-state index in [0.29, 0.717) is 0 Å². The van der Waals surface area contributed by atoms with E-state index in [1.54, 1.807) is 7.05 Å². The highest BCUT2D eigenvalue weighted by Gasteiger charge is 2.15. The molecule has 0 radical (unpaired) electrons. The summed E-state index contributed by atoms with van der Waals surface area (Å²) in [4.78, 5) is 37.7. The lowest BCUT2D eigenvalue weighted by atomic mass is 10.1. The molecule has 1 amide bonds. The Morgan fingerprint density at radius 3 is 2.10 bits per heavy atom. The number of rotatable bonds is 4. The van der Waals surface area contributed by atoms with Gasteiger partial charge in [0.2, 0.25) is 0 Å². The maximum absolute atomic E-state index is 12.0. The van der Waals surface area contributed by atoms with E-state index in [9.17, 15) is 14.4 Å². The van der Waals surface area contributed by atoms with Crippen LogP contribution >= 0.6 is 0 Å². The molecular weight excluding hydrogens is 278 g/mol. The van der Waals surface area contributed by atoms with Crippen molar-refractivity contribution in [2.75, 3.05) is 5.32 Å². The highest BCUT2D eigenvalue weighted by atomic mass is 16.4. The van der Waals surface area contributed by atoms with Crippen LogP contribution < -0.4 is 5.32 Å². The van der Waals surface area contributed by atoms with Gasteiger partial charge in [-0.2, -0.15) is 0 Å². The molecule has 21 heavy (non-hydrogen) atoms. The Hall–Kier alpha value is -3.16. The molecule has 0 aliphatic carbocycles. The van der Waals surface area contributed by atoms with E-state index in [1.165, 1.54) is 29.2 Å². The molecule has 2 rings (SSSR count). The number of aromatic carboxylic acids is 2. The standard InChI is InChI=1S/C13H11N3O5/c1-16-6-14-5-10(16)11(17)15-9-3-7(12(18)19)2-8(4-9)13(20)21/h2-6H,1H3,(H,15,17)(H,18,19)(H,20,21). The van der Waals surface area contributed by atoms with E-state index in [2.05, 4.69) is 10.3 Å². The van der Waals surface area contributed by atoms with Crippen LogP contribution in [0, 0.1) is 0 Å². The number of hydrogen-bond donors (Lipinski definition) is 3. The van der Waals surface area contributed by atoms with Crippen LogP contribution in [-0.4, -0.2) is 37.6 Å². The lowest BCUT2D eigenvalue weighted by molar-refractivity contribution is 0.0696. The van der Waals surface area contributed by atoms with Crippen molar-refractivity contribution in [3.05, 3.63) is 47.5 Å². The zero-order chi connectivity index (χ0) is 15.6. The fraction of sp³-hybridized carbons (Fsp3) is 0.0769. The monoisotopic (exact) mass is 289 g/mol. The Kier molecular flexibility index (Phi) is 3.70. The summed E-state index contributed by atoms with van der Waals surface area (Å²) in [5.74, 6) is -3.09. The van der Waals surface area contributed by atoms with E-state index in [1.807, 2.05) is 0 Å². The Labute approximate surface area is 118 Å². The van der Waals surface area contributed by atoms with Gasteiger partial charge in [-0.25, -0.2) is 14.6 Å². The Bertz CT molecular complexity index is 703. The minimum Gasteiger partial charge on any atom is -0.478 e. The van der Waals surface area contributed by atoms with Crippen molar-refractivity contribution in [2.24, 2.45) is 7.05 Å². The van der Waals surface area contributed by atoms with Crippen LogP contribution in [-0.2, 0) is 7.05 Å². The van der Waals surface area contributed by atoms with Gasteiger partial charge in [-0.05, 0) is 18.2 Å². The topological polar surface area (TPSA) is 122 Å². The fourth-order valence-electron chi connectivity index (χ4n) is 1.72. The number of carboxylic acid groups (broad SMARTS) is 2. The van der Waals surface area contributed by atoms with E-state index in [-0.39, 0.29) is 22.5 Å². The third-order valence-electron chi connectivity index (χ3n) is 2.73. The fourth-order valence-corrected chi connectivity index (χ4v) is 1.72. The first-order valence-electron chi connectivity index (χ1n) is 5.78. The zero-order valence-corrected chi connectivity index (χ0v) is 10.9. The van der Waals surface area contributed by atoms with E-state index >= 15 is 0 Å². The first kappa shape index (κ1) is 14.3. The third-order valence-corrected chi connectivity index (χ3v) is 2.73. The number of carboxylic acids is 2. The minimum atomic E-state index is -1.28. The largest absolute Gasteiger partial charge is 0.478 e. The van der Waals surface area contributed by atoms with Crippen LogP contribution in [0.3, 0.4) is 0 Å². The summed E-state index contributed by atoms with van der Waals surface area (Å²) >= 11 is 0. The van der Waals surface area contributed by atoms with E-state index < -0.39 is 17.8 Å². The zero-order valence-electron chi connectivity index (χ0n) is 10.9. The van der Waals surface area contributed by atoms with Gasteiger partial charge in [-0.3, -0.25) is 4.79 Å². The van der Waals surface area contributed by atoms with Gasteiger partial charge in [-0.15, -0.1) is 0 Å². The number of benzene rings is 1. The SMILES string of the molecule is Cn1cncc1C(=O)Nc1cc(C(=O)O)cc(C(=O)O)c1. The molecule has 3 N–H and O–H groups in total. The second-order valence-corrected chi connectivity index (χ2v) is 4.25. The van der Waals surface area contributed by atoms with Gasteiger partial charge >= 0.3 is 11.9 Å². The molecule has 1 aromatic heterocycles. The number of aromatic nitrogens is 2. The molecule has 0 atom stereocenters. The first-order chi connectivity index (χ1) is 9.88. The molecule has 8 heteroatoms. The maximum atomic E-state index is 12.0. The molecule has 0 fully saturated rings. The number of amides is 1. The van der Waals surface area contributed by atoms with Crippen LogP contribution in [0.25, 0.3) is 0 Å². The van der Waals surface area contributed by atoms with Gasteiger partial charge in [0.1, 0.15) is 5.69 Å². The maximum Gasteiger partial charge on any atom is 0.335 e. The molecule has 1 heterocycles. The van der Waals surface area contributed by atoms with Gasteiger partial charge < -0.3 is 20.1 Å². The van der Waals surface area contributed by atoms with Gasteiger partial charge in [0.25, 0.3) is 5.91 Å². The van der Waals surface area contributed by atoms with Gasteiger partial charge in [0.15, 0.2) is 0 Å². The summed E-state index contributed by atoms with van der Waals surface area (Å²) in [6.07, 6.45) is 2.78. The first-order valence-corrected chi connectivity index (χ1v) is 5.78. The molecule has 0 aliphatic rings. The number of nitrogens with one attached hydrogen (secondary N) is 1. The third kappa shape index (κ3) is 3.06. The summed E-state index contributed by atoms with van der Waals surface area (Å²) in [7, 11) is 1.62. The molecule has 0 aliphatic heterocycles. The Morgan fingerprint density at radius 2 is 1.67 bits per heavy atom. The van der Waals surface area contributed by atoms with E-state index in [4.69, 9.17) is 10.2 Å². The van der Waals surface area contributed by atoms with Gasteiger partial charge in [0.05, 0.1) is 23.7 Å². The van der Waals surface area contributed by atoms with Crippen LogP contribution in [0.5, 0.6) is 0 Å². The van der Waals surface area contributed by atoms with Crippen LogP contribution in [0.4, 0.5) is 5.69 Å². The lowest BCUT2D eigenvalue weighted by Gasteiger charge is -2.08. The predicted molar refractivity (Wildman–Crippen MR) is 71.5 cm³/mol. The molecule has 8 nitrogen and oxygen atoms in total. The van der Waals surface area contributed by atoms with Crippen LogP contribution in [0.1, 0.15) is 31.2 Å². The predicted octanol–water partition coefficient (Wildman–Crippen LogP) is 1.07. The number of imidazole rings is 1. The van der Waals surface area contributed by atoms with Crippen LogP contribution in [0.2, 0.25) is 0 Å². The van der Waals surface area contributed by atoms with Crippen LogP contribution in [0.15, 0.2) is 30.7 Å². The second kappa shape index (κ2) is 5.45. The number of nitrogens with zero attached hydrogens (tertiary/aromatic N) is 2. The van der Waals surface area contributed by atoms with Crippen molar-refractivity contribution in [1.82, 2.24) is 9.55 Å². The van der Waals surface area contributed by atoms with Crippen molar-refractivity contribution in [2.45, 2.75) is 0 Å². The number of aryl methyl sites for hydroxylation is 1. The summed E-state index contributed by atoms with van der Waals surface area (Å²) in [5, 5.41) is 20.4. The van der Waals surface area contributed by atoms with Gasteiger partial charge in [-0.1, -0.05) is 0 Å².